The van der Waals surface area contributed by atoms with Crippen LogP contribution in [-0.2, 0) is 0 Å². The van der Waals surface area contributed by atoms with Crippen molar-refractivity contribution in [2.75, 3.05) is 19.0 Å². The van der Waals surface area contributed by atoms with Gasteiger partial charge in [0.2, 0.25) is 5.95 Å². The molecular weight excluding hydrogens is 256 g/mol. The minimum Gasteiger partial charge on any atom is -0.467 e. The van der Waals surface area contributed by atoms with Crippen molar-refractivity contribution < 1.29 is 4.74 Å². The van der Waals surface area contributed by atoms with Crippen LogP contribution in [0.15, 0.2) is 12.3 Å². The molecule has 2 rings (SSSR count). The van der Waals surface area contributed by atoms with Gasteiger partial charge in [0.05, 0.1) is 12.8 Å². The summed E-state index contributed by atoms with van der Waals surface area (Å²) in [7, 11) is 1.53. The molecule has 0 aliphatic carbocycles. The van der Waals surface area contributed by atoms with Gasteiger partial charge in [0.25, 0.3) is 5.95 Å². The second-order valence-corrected chi connectivity index (χ2v) is 4.71. The average molecular weight is 276 g/mol. The van der Waals surface area contributed by atoms with E-state index in [1.54, 1.807) is 4.68 Å². The van der Waals surface area contributed by atoms with Crippen LogP contribution in [0.4, 0.5) is 5.95 Å². The number of aromatic nitrogens is 5. The summed E-state index contributed by atoms with van der Waals surface area (Å²) in [5.74, 6) is 1.30. The van der Waals surface area contributed by atoms with Crippen LogP contribution in [0, 0.1) is 0 Å². The summed E-state index contributed by atoms with van der Waals surface area (Å²) in [4.78, 5) is 12.7. The summed E-state index contributed by atoms with van der Waals surface area (Å²) >= 11 is 0. The smallest absolute Gasteiger partial charge is 0.322 e. The highest BCUT2D eigenvalue weighted by Gasteiger charge is 2.11. The fourth-order valence-corrected chi connectivity index (χ4v) is 1.61. The summed E-state index contributed by atoms with van der Waals surface area (Å²) in [6.07, 6.45) is 2.83. The van der Waals surface area contributed by atoms with Gasteiger partial charge in [-0.25, -0.2) is 4.68 Å². The van der Waals surface area contributed by atoms with Gasteiger partial charge in [-0.3, -0.25) is 0 Å². The molecule has 108 valence electrons. The van der Waals surface area contributed by atoms with Gasteiger partial charge >= 0.3 is 6.01 Å². The Hall–Kier alpha value is -2.18. The number of rotatable bonds is 6. The van der Waals surface area contributed by atoms with Crippen LogP contribution in [0.1, 0.15) is 38.8 Å². The Labute approximate surface area is 118 Å². The molecule has 0 saturated carbocycles. The minimum atomic E-state index is 0.273. The molecule has 0 aromatic carbocycles. The summed E-state index contributed by atoms with van der Waals surface area (Å²) in [6.45, 7) is 7.06. The molecule has 0 aliphatic rings. The molecule has 2 aromatic rings. The summed E-state index contributed by atoms with van der Waals surface area (Å²) in [6, 6.07) is 2.23. The van der Waals surface area contributed by atoms with Crippen molar-refractivity contribution in [3.8, 4) is 12.0 Å². The topological polar surface area (TPSA) is 77.8 Å². The minimum absolute atomic E-state index is 0.273. The largest absolute Gasteiger partial charge is 0.467 e. The Kier molecular flexibility index (Phi) is 4.49. The lowest BCUT2D eigenvalue weighted by atomic mass is 10.1. The van der Waals surface area contributed by atoms with Gasteiger partial charge in [-0.2, -0.15) is 20.1 Å². The van der Waals surface area contributed by atoms with Crippen molar-refractivity contribution in [2.45, 2.75) is 33.1 Å². The maximum absolute atomic E-state index is 5.11. The van der Waals surface area contributed by atoms with E-state index in [0.717, 1.165) is 18.7 Å². The fraction of sp³-hybridized carbons (Fsp3) is 0.538. The van der Waals surface area contributed by atoms with Crippen LogP contribution in [-0.4, -0.2) is 38.4 Å². The van der Waals surface area contributed by atoms with Gasteiger partial charge in [0.15, 0.2) is 0 Å². The van der Waals surface area contributed by atoms with E-state index >= 15 is 0 Å². The second kappa shape index (κ2) is 6.31. The van der Waals surface area contributed by atoms with E-state index in [9.17, 15) is 0 Å². The van der Waals surface area contributed by atoms with Gasteiger partial charge in [-0.15, -0.1) is 0 Å². The highest BCUT2D eigenvalue weighted by atomic mass is 16.5. The molecular formula is C13H20N6O. The summed E-state index contributed by atoms with van der Waals surface area (Å²) < 4.78 is 6.74. The van der Waals surface area contributed by atoms with Crippen LogP contribution in [0.25, 0.3) is 5.95 Å². The number of hydrogen-bond acceptors (Lipinski definition) is 6. The maximum Gasteiger partial charge on any atom is 0.322 e. The third-order valence-electron chi connectivity index (χ3n) is 2.72. The lowest BCUT2D eigenvalue weighted by Gasteiger charge is -2.07. The van der Waals surface area contributed by atoms with Gasteiger partial charge in [0.1, 0.15) is 0 Å². The van der Waals surface area contributed by atoms with Crippen molar-refractivity contribution in [1.29, 1.82) is 0 Å². The van der Waals surface area contributed by atoms with Crippen LogP contribution in [0.2, 0.25) is 0 Å². The van der Waals surface area contributed by atoms with E-state index in [-0.39, 0.29) is 6.01 Å². The lowest BCUT2D eigenvalue weighted by molar-refractivity contribution is 0.377. The predicted molar refractivity (Wildman–Crippen MR) is 76.4 cm³/mol. The zero-order valence-electron chi connectivity index (χ0n) is 12.3. The normalized spacial score (nSPS) is 10.8. The first-order chi connectivity index (χ1) is 9.63. The monoisotopic (exact) mass is 276 g/mol. The van der Waals surface area contributed by atoms with Gasteiger partial charge < -0.3 is 10.1 Å². The highest BCUT2D eigenvalue weighted by Crippen LogP contribution is 2.14. The molecule has 0 bridgehead atoms. The van der Waals surface area contributed by atoms with Crippen LogP contribution in [0.3, 0.4) is 0 Å². The van der Waals surface area contributed by atoms with Crippen molar-refractivity contribution in [3.63, 3.8) is 0 Å². The Morgan fingerprint density at radius 3 is 2.70 bits per heavy atom. The van der Waals surface area contributed by atoms with E-state index in [1.807, 2.05) is 12.3 Å². The van der Waals surface area contributed by atoms with Crippen LogP contribution >= 0.6 is 0 Å². The van der Waals surface area contributed by atoms with E-state index in [2.05, 4.69) is 46.1 Å². The van der Waals surface area contributed by atoms with Crippen LogP contribution < -0.4 is 10.1 Å². The maximum atomic E-state index is 5.11. The molecule has 7 nitrogen and oxygen atoms in total. The number of ether oxygens (including phenoxy) is 1. The first kappa shape index (κ1) is 14.2. The van der Waals surface area contributed by atoms with E-state index in [4.69, 9.17) is 4.74 Å². The molecule has 0 aliphatic heterocycles. The quantitative estimate of drug-likeness (QED) is 0.869. The van der Waals surface area contributed by atoms with Crippen molar-refractivity contribution in [2.24, 2.45) is 0 Å². The summed E-state index contributed by atoms with van der Waals surface area (Å²) in [5, 5.41) is 7.58. The third-order valence-corrected chi connectivity index (χ3v) is 2.72. The highest BCUT2D eigenvalue weighted by molar-refractivity contribution is 5.30. The Balaban J connectivity index is 2.33. The van der Waals surface area contributed by atoms with Crippen LogP contribution in [0.5, 0.6) is 6.01 Å². The SMILES string of the molecule is CCCNc1nc(OC)nc(-n2ccc(C(C)C)n2)n1. The fourth-order valence-electron chi connectivity index (χ4n) is 1.61. The van der Waals surface area contributed by atoms with Crippen molar-refractivity contribution in [3.05, 3.63) is 18.0 Å². The molecule has 2 aromatic heterocycles. The molecule has 0 atom stereocenters. The lowest BCUT2D eigenvalue weighted by Crippen LogP contribution is -2.11. The molecule has 0 fully saturated rings. The van der Waals surface area contributed by atoms with E-state index in [0.29, 0.717) is 17.8 Å². The van der Waals surface area contributed by atoms with Gasteiger partial charge in [-0.05, 0) is 18.4 Å². The molecule has 0 radical (unpaired) electrons. The van der Waals surface area contributed by atoms with Gasteiger partial charge in [-0.1, -0.05) is 20.8 Å². The standard InChI is InChI=1S/C13H20N6O/c1-5-7-14-11-15-12(17-13(16-11)20-4)19-8-6-10(18-19)9(2)3/h6,8-9H,5,7H2,1-4H3,(H,14,15,16,17). The first-order valence-electron chi connectivity index (χ1n) is 6.74. The Morgan fingerprint density at radius 2 is 2.10 bits per heavy atom. The molecule has 0 unspecified atom stereocenters. The number of anilines is 1. The molecule has 7 heteroatoms. The Morgan fingerprint density at radius 1 is 1.30 bits per heavy atom. The summed E-state index contributed by atoms with van der Waals surface area (Å²) in [5.41, 5.74) is 0.993. The van der Waals surface area contributed by atoms with E-state index in [1.165, 1.54) is 7.11 Å². The van der Waals surface area contributed by atoms with E-state index < -0.39 is 0 Å². The molecule has 0 spiro atoms. The zero-order valence-corrected chi connectivity index (χ0v) is 12.3. The van der Waals surface area contributed by atoms with Crippen molar-refractivity contribution in [1.82, 2.24) is 24.7 Å². The van der Waals surface area contributed by atoms with Crippen molar-refractivity contribution >= 4 is 5.95 Å². The number of hydrogen-bond donors (Lipinski definition) is 1. The third kappa shape index (κ3) is 3.23. The first-order valence-corrected chi connectivity index (χ1v) is 6.74. The molecule has 0 amide bonds. The number of nitrogens with one attached hydrogen (secondary N) is 1. The van der Waals surface area contributed by atoms with Gasteiger partial charge in [0, 0.05) is 12.7 Å². The predicted octanol–water partition coefficient (Wildman–Crippen LogP) is 2.01. The molecule has 1 N–H and O–H groups in total. The number of nitrogens with zero attached hydrogens (tertiary/aromatic N) is 5. The number of methoxy groups -OCH3 is 1. The molecule has 2 heterocycles. The second-order valence-electron chi connectivity index (χ2n) is 4.71. The zero-order chi connectivity index (χ0) is 14.5. The Bertz CT molecular complexity index is 566. The molecule has 20 heavy (non-hydrogen) atoms. The molecule has 0 saturated heterocycles. The average Bonchev–Trinajstić information content (AvgIpc) is 2.94.